The van der Waals surface area contributed by atoms with E-state index in [4.69, 9.17) is 0 Å². The molecule has 0 atom stereocenters. The highest BCUT2D eigenvalue weighted by Crippen LogP contribution is 2.63. The fourth-order valence-corrected chi connectivity index (χ4v) is 16.6. The van der Waals surface area contributed by atoms with Crippen LogP contribution in [0.5, 0.6) is 0 Å². The summed E-state index contributed by atoms with van der Waals surface area (Å²) in [5, 5.41) is 8.25. The second-order valence-corrected chi connectivity index (χ2v) is 23.4. The average molecular weight is 985 g/mol. The largest absolute Gasteiger partial charge is 0.310 e. The van der Waals surface area contributed by atoms with Gasteiger partial charge in [-0.1, -0.05) is 171 Å². The first-order valence-corrected chi connectivity index (χ1v) is 29.5. The molecule has 2 nitrogen and oxygen atoms in total. The van der Waals surface area contributed by atoms with Gasteiger partial charge >= 0.3 is 0 Å². The van der Waals surface area contributed by atoms with E-state index in [0.29, 0.717) is 23.7 Å². The Balaban J connectivity index is 1.25. The Morgan fingerprint density at radius 3 is 1.46 bits per heavy atom. The molecule has 5 heterocycles. The van der Waals surface area contributed by atoms with E-state index in [9.17, 15) is 0 Å². The van der Waals surface area contributed by atoms with Gasteiger partial charge < -0.3 is 9.13 Å². The average Bonchev–Trinajstić information content (AvgIpc) is 4.13. The van der Waals surface area contributed by atoms with E-state index in [0.717, 1.165) is 51.4 Å². The van der Waals surface area contributed by atoms with Crippen LogP contribution in [0, 0.1) is 0 Å². The lowest BCUT2D eigenvalue weighted by Gasteiger charge is -2.45. The van der Waals surface area contributed by atoms with Gasteiger partial charge in [0.05, 0.1) is 22.1 Å². The van der Waals surface area contributed by atoms with Crippen LogP contribution in [0.1, 0.15) is 175 Å². The summed E-state index contributed by atoms with van der Waals surface area (Å²) in [4.78, 5) is 0. The van der Waals surface area contributed by atoms with Crippen LogP contribution in [0.2, 0.25) is 0 Å². The van der Waals surface area contributed by atoms with Crippen LogP contribution in [0.15, 0.2) is 152 Å². The van der Waals surface area contributed by atoms with Crippen LogP contribution in [0.4, 0.5) is 0 Å². The fraction of sp³-hybridized carbons (Fsp3) is 0.288. The van der Waals surface area contributed by atoms with Gasteiger partial charge in [-0.3, -0.25) is 0 Å². The SMILES string of the molecule is CCC(CC)c1ccc2c(c1)c1cc(C(CC)CC)cc3c1n2-c1c(-c2cccc4ccccc24)cc2c4c1B3c1cc(C(CC)CC)cc3c5cc(C(CC)CC)cc(c5n-4c13)C21c2ccccc2-c2ccccc21. The smallest absolute Gasteiger partial charge is 0.252 e. The van der Waals surface area contributed by atoms with Crippen molar-refractivity contribution in [1.82, 2.24) is 9.13 Å². The Morgan fingerprint density at radius 1 is 0.355 bits per heavy atom. The molecule has 4 aliphatic rings. The van der Waals surface area contributed by atoms with Crippen molar-refractivity contribution in [1.29, 1.82) is 0 Å². The van der Waals surface area contributed by atoms with Gasteiger partial charge in [0.15, 0.2) is 0 Å². The Morgan fingerprint density at radius 2 is 0.842 bits per heavy atom. The highest BCUT2D eigenvalue weighted by Gasteiger charge is 2.55. The van der Waals surface area contributed by atoms with Crippen molar-refractivity contribution in [3.05, 3.63) is 196 Å². The van der Waals surface area contributed by atoms with Crippen LogP contribution in [0.3, 0.4) is 0 Å². The monoisotopic (exact) mass is 985 g/mol. The second kappa shape index (κ2) is 17.0. The highest BCUT2D eigenvalue weighted by molar-refractivity contribution is 7.00. The zero-order valence-electron chi connectivity index (χ0n) is 45.9. The third-order valence-electron chi connectivity index (χ3n) is 20.3. The quantitative estimate of drug-likeness (QED) is 0.102. The third kappa shape index (κ3) is 5.75. The summed E-state index contributed by atoms with van der Waals surface area (Å²) in [6.07, 6.45) is 8.95. The molecule has 374 valence electrons. The van der Waals surface area contributed by atoms with Crippen LogP contribution < -0.4 is 16.4 Å². The first kappa shape index (κ1) is 46.2. The predicted octanol–water partition coefficient (Wildman–Crippen LogP) is 18.1. The van der Waals surface area contributed by atoms with Gasteiger partial charge in [0.25, 0.3) is 6.71 Å². The van der Waals surface area contributed by atoms with Crippen LogP contribution in [-0.2, 0) is 5.41 Å². The maximum atomic E-state index is 2.86. The number of aromatic nitrogens is 2. The van der Waals surface area contributed by atoms with E-state index in [-0.39, 0.29) is 6.71 Å². The lowest BCUT2D eigenvalue weighted by atomic mass is 9.33. The lowest BCUT2D eigenvalue weighted by Crippen LogP contribution is -2.61. The molecular formula is C73H69BN2. The van der Waals surface area contributed by atoms with Gasteiger partial charge in [-0.05, 0) is 200 Å². The molecule has 3 heteroatoms. The molecule has 0 saturated carbocycles. The van der Waals surface area contributed by atoms with Gasteiger partial charge in [-0.2, -0.15) is 0 Å². The molecule has 0 saturated heterocycles. The molecule has 15 rings (SSSR count). The molecule has 0 fully saturated rings. The normalized spacial score (nSPS) is 14.2. The Kier molecular flexibility index (Phi) is 10.3. The topological polar surface area (TPSA) is 9.86 Å². The van der Waals surface area contributed by atoms with Crippen molar-refractivity contribution in [3.63, 3.8) is 0 Å². The molecule has 1 spiro atoms. The second-order valence-electron chi connectivity index (χ2n) is 23.4. The Bertz CT molecular complexity index is 4210. The molecule has 3 aliphatic heterocycles. The van der Waals surface area contributed by atoms with E-state index < -0.39 is 5.41 Å². The van der Waals surface area contributed by atoms with E-state index in [1.165, 1.54) is 149 Å². The lowest BCUT2D eigenvalue weighted by molar-refractivity contribution is 0.639. The third-order valence-corrected chi connectivity index (χ3v) is 20.3. The van der Waals surface area contributed by atoms with Crippen molar-refractivity contribution >= 4 is 77.5 Å². The molecule has 9 aromatic carbocycles. The summed E-state index contributed by atoms with van der Waals surface area (Å²) in [5.74, 6) is 1.88. The van der Waals surface area contributed by atoms with E-state index in [1.807, 2.05) is 0 Å². The molecule has 0 amide bonds. The van der Waals surface area contributed by atoms with Gasteiger partial charge in [0, 0.05) is 43.8 Å². The van der Waals surface area contributed by atoms with Gasteiger partial charge in [0.1, 0.15) is 0 Å². The summed E-state index contributed by atoms with van der Waals surface area (Å²) < 4.78 is 5.66. The molecule has 1 aliphatic carbocycles. The predicted molar refractivity (Wildman–Crippen MR) is 327 cm³/mol. The maximum Gasteiger partial charge on any atom is 0.252 e. The molecule has 0 radical (unpaired) electrons. The van der Waals surface area contributed by atoms with Crippen molar-refractivity contribution in [2.24, 2.45) is 0 Å². The number of nitrogens with zero attached hydrogens (tertiary/aromatic N) is 2. The maximum absolute atomic E-state index is 2.86. The van der Waals surface area contributed by atoms with E-state index in [2.05, 4.69) is 216 Å². The molecule has 0 bridgehead atoms. The van der Waals surface area contributed by atoms with E-state index in [1.54, 1.807) is 0 Å². The fourth-order valence-electron chi connectivity index (χ4n) is 16.6. The van der Waals surface area contributed by atoms with Crippen molar-refractivity contribution < 1.29 is 0 Å². The van der Waals surface area contributed by atoms with Gasteiger partial charge in [-0.25, -0.2) is 0 Å². The molecule has 0 unspecified atom stereocenters. The molecule has 11 aromatic rings. The van der Waals surface area contributed by atoms with Gasteiger partial charge in [-0.15, -0.1) is 0 Å². The van der Waals surface area contributed by atoms with E-state index >= 15 is 0 Å². The molecule has 0 N–H and O–H groups in total. The minimum Gasteiger partial charge on any atom is -0.310 e. The van der Waals surface area contributed by atoms with Crippen LogP contribution >= 0.6 is 0 Å². The number of hydrogen-bond acceptors (Lipinski definition) is 0. The molecule has 2 aromatic heterocycles. The highest BCUT2D eigenvalue weighted by atomic mass is 15.1. The van der Waals surface area contributed by atoms with Crippen molar-refractivity contribution in [2.45, 2.75) is 136 Å². The minimum atomic E-state index is -0.586. The number of hydrogen-bond donors (Lipinski definition) is 0. The number of fused-ring (bicyclic) bond motifs is 15. The molecular weight excluding hydrogens is 916 g/mol. The zero-order valence-corrected chi connectivity index (χ0v) is 45.9. The summed E-state index contributed by atoms with van der Waals surface area (Å²) in [6, 6.07) is 61.8. The van der Waals surface area contributed by atoms with Crippen LogP contribution in [0.25, 0.3) is 88.0 Å². The summed E-state index contributed by atoms with van der Waals surface area (Å²) >= 11 is 0. The van der Waals surface area contributed by atoms with Crippen LogP contribution in [-0.4, -0.2) is 15.8 Å². The summed E-state index contributed by atoms with van der Waals surface area (Å²) in [5.41, 5.74) is 29.1. The molecule has 76 heavy (non-hydrogen) atoms. The van der Waals surface area contributed by atoms with Gasteiger partial charge in [0.2, 0.25) is 0 Å². The number of benzene rings is 9. The Hall–Kier alpha value is -7.10. The number of rotatable bonds is 13. The first-order chi connectivity index (χ1) is 37.4. The standard InChI is InChI=1S/C73H69BN2/c1-9-42(10-2)47-32-33-66-55(34-47)56-36-49(44(13-5)14-6)39-64-69(56)75(66)71-59(52-29-23-25-46-24-17-18-26-51(46)52)41-63-72-67(71)74(64)65-40-50(45(15-7)16-8)37-58-57-35-48(43(11-3)12-4)38-62(68(57)76(72)70(58)65)73(63)60-30-21-19-27-53(60)54-28-20-22-31-61(54)73/h17-45H,9-16H2,1-8H3. The van der Waals surface area contributed by atoms with Crippen molar-refractivity contribution in [2.75, 3.05) is 0 Å². The summed E-state index contributed by atoms with van der Waals surface area (Å²) in [7, 11) is 0. The zero-order chi connectivity index (χ0) is 51.5. The first-order valence-electron chi connectivity index (χ1n) is 29.5. The summed E-state index contributed by atoms with van der Waals surface area (Å²) in [6.45, 7) is 19.2. The Labute approximate surface area is 449 Å². The van der Waals surface area contributed by atoms with Crippen molar-refractivity contribution in [3.8, 4) is 33.6 Å². The minimum absolute atomic E-state index is 0.00317.